The van der Waals surface area contributed by atoms with Crippen LogP contribution in [0.1, 0.15) is 0 Å². The van der Waals surface area contributed by atoms with Crippen molar-refractivity contribution in [3.05, 3.63) is 12.8 Å². The van der Waals surface area contributed by atoms with Crippen LogP contribution in [-0.2, 0) is 0 Å². The van der Waals surface area contributed by atoms with E-state index in [0.29, 0.717) is 0 Å². The maximum absolute atomic E-state index is 3.77. The predicted molar refractivity (Wildman–Crippen MR) is 26.1 cm³/mol. The fourth-order valence-corrected chi connectivity index (χ4v) is 0.717. The maximum Gasteiger partial charge on any atom is 0.117 e. The van der Waals surface area contributed by atoms with Crippen molar-refractivity contribution < 1.29 is 0 Å². The first kappa shape index (κ1) is 4.00. The van der Waals surface area contributed by atoms with Gasteiger partial charge in [0.05, 0.1) is 0 Å². The van der Waals surface area contributed by atoms with Crippen LogP contribution in [0, 0.1) is 12.8 Å². The molecule has 1 fully saturated rings. The second-order valence-corrected chi connectivity index (χ2v) is 1.92. The van der Waals surface area contributed by atoms with E-state index in [1.807, 2.05) is 0 Å². The molecule has 0 spiro atoms. The number of rotatable bonds is 0. The third-order valence-corrected chi connectivity index (χ3v) is 0.987. The second kappa shape index (κ2) is 1.16. The Hall–Kier alpha value is -0.170. The molecule has 34 valence electrons. The molecule has 0 unspecified atom stereocenters. The smallest absolute Gasteiger partial charge is 0.117 e. The molecular formula is C5H9N. The Morgan fingerprint density at radius 2 is 2.17 bits per heavy atom. The first-order valence-electron chi connectivity index (χ1n) is 2.14. The highest BCUT2D eigenvalue weighted by Gasteiger charge is 2.22. The van der Waals surface area contributed by atoms with E-state index in [1.54, 1.807) is 0 Å². The van der Waals surface area contributed by atoms with Crippen LogP contribution in [0.2, 0.25) is 0 Å². The summed E-state index contributed by atoms with van der Waals surface area (Å²) in [5.41, 5.74) is 0. The third kappa shape index (κ3) is 0.500. The maximum atomic E-state index is 3.77. The Balaban J connectivity index is 2.11. The molecule has 1 nitrogen and oxygen atoms in total. The molecule has 0 aliphatic carbocycles. The molecular weight excluding hydrogens is 74.1 g/mol. The van der Waals surface area contributed by atoms with Gasteiger partial charge in [-0.15, -0.1) is 6.92 Å². The molecule has 0 bridgehead atoms. The second-order valence-electron chi connectivity index (χ2n) is 1.92. The molecule has 0 amide bonds. The molecule has 0 atom stereocenters. The van der Waals surface area contributed by atoms with E-state index in [0.717, 1.165) is 13.1 Å². The summed E-state index contributed by atoms with van der Waals surface area (Å²) in [6.07, 6.45) is 0. The van der Waals surface area contributed by atoms with Crippen molar-refractivity contribution in [2.24, 2.45) is 0 Å². The average molecular weight is 83.1 g/mol. The Bertz CT molecular complexity index is 39.9. The molecule has 1 heteroatoms. The van der Waals surface area contributed by atoms with Crippen molar-refractivity contribution in [2.45, 2.75) is 0 Å². The van der Waals surface area contributed by atoms with E-state index in [1.165, 1.54) is 5.92 Å². The summed E-state index contributed by atoms with van der Waals surface area (Å²) in [6, 6.07) is 0. The number of hydrogen-bond acceptors (Lipinski definition) is 1. The van der Waals surface area contributed by atoms with Crippen molar-refractivity contribution in [3.8, 4) is 0 Å². The highest BCUT2D eigenvalue weighted by molar-refractivity contribution is 5.06. The van der Waals surface area contributed by atoms with Crippen molar-refractivity contribution in [1.82, 2.24) is 4.90 Å². The van der Waals surface area contributed by atoms with E-state index in [4.69, 9.17) is 0 Å². The van der Waals surface area contributed by atoms with Crippen molar-refractivity contribution in [1.29, 1.82) is 0 Å². The molecule has 1 saturated heterocycles. The lowest BCUT2D eigenvalue weighted by Crippen LogP contribution is -2.40. The van der Waals surface area contributed by atoms with Crippen molar-refractivity contribution >= 4 is 0 Å². The van der Waals surface area contributed by atoms with E-state index < -0.39 is 0 Å². The molecule has 0 aromatic carbocycles. The number of hydrogen-bond donors (Lipinski definition) is 0. The summed E-state index contributed by atoms with van der Waals surface area (Å²) in [5, 5.41) is 0. The molecule has 6 heavy (non-hydrogen) atoms. The normalized spacial score (nSPS) is 24.0. The van der Waals surface area contributed by atoms with Gasteiger partial charge in [0.1, 0.15) is 13.1 Å². The van der Waals surface area contributed by atoms with Crippen LogP contribution in [-0.4, -0.2) is 25.0 Å². The van der Waals surface area contributed by atoms with E-state index in [9.17, 15) is 0 Å². The lowest BCUT2D eigenvalue weighted by atomic mass is 10.1. The van der Waals surface area contributed by atoms with Gasteiger partial charge in [0, 0.05) is 0 Å². The van der Waals surface area contributed by atoms with Crippen LogP contribution >= 0.6 is 0 Å². The topological polar surface area (TPSA) is 3.24 Å². The summed E-state index contributed by atoms with van der Waals surface area (Å²) in [6.45, 7) is 5.99. The minimum Gasteiger partial charge on any atom is -0.234 e. The average Bonchev–Trinajstić information content (AvgIpc) is 1.33. The molecule has 1 aliphatic rings. The fourth-order valence-electron chi connectivity index (χ4n) is 0.717. The van der Waals surface area contributed by atoms with Gasteiger partial charge < -0.3 is 0 Å². The van der Waals surface area contributed by atoms with Crippen molar-refractivity contribution in [2.75, 3.05) is 20.1 Å². The van der Waals surface area contributed by atoms with Crippen LogP contribution in [0.3, 0.4) is 0 Å². The van der Waals surface area contributed by atoms with Gasteiger partial charge in [-0.25, -0.2) is 4.90 Å². The summed E-state index contributed by atoms with van der Waals surface area (Å²) in [7, 11) is 2.09. The molecule has 1 aliphatic heterocycles. The SMILES string of the molecule is [CH2-][C+]1CN(C)C1. The van der Waals surface area contributed by atoms with Gasteiger partial charge >= 0.3 is 0 Å². The first-order chi connectivity index (χ1) is 2.79. The highest BCUT2D eigenvalue weighted by atomic mass is 15.2. The summed E-state index contributed by atoms with van der Waals surface area (Å²) < 4.78 is 0. The van der Waals surface area contributed by atoms with Gasteiger partial charge in [-0.05, 0) is 13.0 Å². The van der Waals surface area contributed by atoms with Gasteiger partial charge in [-0.2, -0.15) is 0 Å². The first-order valence-corrected chi connectivity index (χ1v) is 2.14. The van der Waals surface area contributed by atoms with Gasteiger partial charge in [0.15, 0.2) is 0 Å². The Kier molecular flexibility index (Phi) is 0.771. The quantitative estimate of drug-likeness (QED) is 0.382. The summed E-state index contributed by atoms with van der Waals surface area (Å²) >= 11 is 0. The zero-order chi connectivity index (χ0) is 4.57. The minimum atomic E-state index is 1.11. The van der Waals surface area contributed by atoms with Gasteiger partial charge in [-0.3, -0.25) is 0 Å². The van der Waals surface area contributed by atoms with Crippen LogP contribution in [0.5, 0.6) is 0 Å². The summed E-state index contributed by atoms with van der Waals surface area (Å²) in [5.74, 6) is 1.36. The van der Waals surface area contributed by atoms with Crippen LogP contribution in [0.25, 0.3) is 0 Å². The van der Waals surface area contributed by atoms with Gasteiger partial charge in [0.25, 0.3) is 0 Å². The number of likely N-dealkylation sites (tertiary alicyclic amines) is 1. The van der Waals surface area contributed by atoms with Gasteiger partial charge in [0.2, 0.25) is 0 Å². The summed E-state index contributed by atoms with van der Waals surface area (Å²) in [4.78, 5) is 2.22. The van der Waals surface area contributed by atoms with Crippen LogP contribution < -0.4 is 0 Å². The fraction of sp³-hybridized carbons (Fsp3) is 0.600. The molecule has 0 aromatic rings. The van der Waals surface area contributed by atoms with Crippen LogP contribution in [0.15, 0.2) is 0 Å². The monoisotopic (exact) mass is 83.1 g/mol. The lowest BCUT2D eigenvalue weighted by Gasteiger charge is -2.27. The molecule has 0 N–H and O–H groups in total. The zero-order valence-electron chi connectivity index (χ0n) is 4.07. The van der Waals surface area contributed by atoms with E-state index in [-0.39, 0.29) is 0 Å². The number of nitrogens with zero attached hydrogens (tertiary/aromatic N) is 1. The molecule has 0 saturated carbocycles. The Morgan fingerprint density at radius 3 is 2.17 bits per heavy atom. The Labute approximate surface area is 39.0 Å². The van der Waals surface area contributed by atoms with E-state index >= 15 is 0 Å². The molecule has 0 aromatic heterocycles. The zero-order valence-corrected chi connectivity index (χ0v) is 4.07. The standard InChI is InChI=1S/C5H9N/c1-5-3-6(2)4-5/h1,3-4H2,2H3. The highest BCUT2D eigenvalue weighted by Crippen LogP contribution is 2.11. The molecule has 1 heterocycles. The largest absolute Gasteiger partial charge is 0.234 e. The van der Waals surface area contributed by atoms with Gasteiger partial charge in [-0.1, -0.05) is 0 Å². The Morgan fingerprint density at radius 1 is 1.67 bits per heavy atom. The predicted octanol–water partition coefficient (Wildman–Crippen LogP) is 0.340. The van der Waals surface area contributed by atoms with Crippen LogP contribution in [0.4, 0.5) is 0 Å². The lowest BCUT2D eigenvalue weighted by molar-refractivity contribution is 0.274. The van der Waals surface area contributed by atoms with E-state index in [2.05, 4.69) is 18.9 Å². The third-order valence-electron chi connectivity index (χ3n) is 0.987. The molecule has 1 rings (SSSR count). The van der Waals surface area contributed by atoms with Crippen molar-refractivity contribution in [3.63, 3.8) is 0 Å². The molecule has 0 radical (unpaired) electrons. The minimum absolute atomic E-state index is 1.11.